The number of likely N-dealkylation sites (tertiary alicyclic amines) is 1. The van der Waals surface area contributed by atoms with Crippen LogP contribution in [-0.2, 0) is 11.3 Å². The second kappa shape index (κ2) is 9.88. The number of nitrogens with zero attached hydrogens (tertiary/aromatic N) is 1. The van der Waals surface area contributed by atoms with Gasteiger partial charge in [0.05, 0.1) is 0 Å². The van der Waals surface area contributed by atoms with Gasteiger partial charge in [-0.1, -0.05) is 60.2 Å². The Kier molecular flexibility index (Phi) is 7.84. The van der Waals surface area contributed by atoms with Crippen molar-refractivity contribution in [3.63, 3.8) is 0 Å². The molecule has 1 saturated heterocycles. The van der Waals surface area contributed by atoms with Crippen LogP contribution in [0.5, 0.6) is 0 Å². The van der Waals surface area contributed by atoms with Crippen molar-refractivity contribution in [3.8, 4) is 0 Å². The summed E-state index contributed by atoms with van der Waals surface area (Å²) in [7, 11) is 0. The predicted molar refractivity (Wildman–Crippen MR) is 113 cm³/mol. The number of halogens is 1. The van der Waals surface area contributed by atoms with Crippen LogP contribution < -0.4 is 11.1 Å². The van der Waals surface area contributed by atoms with E-state index in [0.29, 0.717) is 5.92 Å². The lowest BCUT2D eigenvalue weighted by molar-refractivity contribution is -0.123. The van der Waals surface area contributed by atoms with E-state index in [9.17, 15) is 4.79 Å². The van der Waals surface area contributed by atoms with Crippen LogP contribution in [0, 0.1) is 12.8 Å². The molecule has 4 nitrogen and oxygen atoms in total. The summed E-state index contributed by atoms with van der Waals surface area (Å²) in [6.45, 7) is 7.18. The SMILES string of the molecule is Cc1ccc(C(N)C(=O)NC(C)C2CCN(Cc3ccccc3)C2)cc1.Cl. The maximum Gasteiger partial charge on any atom is 0.241 e. The highest BCUT2D eigenvalue weighted by molar-refractivity contribution is 5.85. The molecule has 1 aliphatic heterocycles. The summed E-state index contributed by atoms with van der Waals surface area (Å²) in [6, 6.07) is 17.9. The summed E-state index contributed by atoms with van der Waals surface area (Å²) in [4.78, 5) is 15.0. The number of aryl methyl sites for hydroxylation is 1. The summed E-state index contributed by atoms with van der Waals surface area (Å²) in [5.41, 5.74) is 9.51. The third kappa shape index (κ3) is 5.80. The molecule has 0 saturated carbocycles. The van der Waals surface area contributed by atoms with Crippen LogP contribution in [0.2, 0.25) is 0 Å². The number of amides is 1. The van der Waals surface area contributed by atoms with Crippen molar-refractivity contribution in [1.82, 2.24) is 10.2 Å². The van der Waals surface area contributed by atoms with Gasteiger partial charge in [0, 0.05) is 19.1 Å². The highest BCUT2D eigenvalue weighted by Gasteiger charge is 2.29. The van der Waals surface area contributed by atoms with Gasteiger partial charge in [-0.3, -0.25) is 9.69 Å². The smallest absolute Gasteiger partial charge is 0.241 e. The summed E-state index contributed by atoms with van der Waals surface area (Å²) in [5.74, 6) is 0.371. The van der Waals surface area contributed by atoms with Crippen molar-refractivity contribution in [3.05, 3.63) is 71.3 Å². The molecule has 1 amide bonds. The zero-order valence-corrected chi connectivity index (χ0v) is 16.9. The van der Waals surface area contributed by atoms with Gasteiger partial charge in [0.25, 0.3) is 0 Å². The molecule has 0 spiro atoms. The number of carbonyl (C=O) groups is 1. The highest BCUT2D eigenvalue weighted by atomic mass is 35.5. The second-order valence-electron chi connectivity index (χ2n) is 7.46. The number of nitrogens with one attached hydrogen (secondary N) is 1. The van der Waals surface area contributed by atoms with E-state index in [1.807, 2.05) is 37.3 Å². The zero-order valence-electron chi connectivity index (χ0n) is 16.1. The van der Waals surface area contributed by atoms with E-state index < -0.39 is 6.04 Å². The van der Waals surface area contributed by atoms with Crippen LogP contribution >= 0.6 is 12.4 Å². The van der Waals surface area contributed by atoms with Gasteiger partial charge in [0.2, 0.25) is 5.91 Å². The Labute approximate surface area is 168 Å². The van der Waals surface area contributed by atoms with Crippen LogP contribution in [0.25, 0.3) is 0 Å². The molecular weight excluding hydrogens is 358 g/mol. The van der Waals surface area contributed by atoms with Gasteiger partial charge in [-0.05, 0) is 43.9 Å². The molecule has 0 aromatic heterocycles. The van der Waals surface area contributed by atoms with Gasteiger partial charge < -0.3 is 11.1 Å². The van der Waals surface area contributed by atoms with Gasteiger partial charge in [0.1, 0.15) is 6.04 Å². The minimum atomic E-state index is -0.611. The topological polar surface area (TPSA) is 58.4 Å². The summed E-state index contributed by atoms with van der Waals surface area (Å²) < 4.78 is 0. The van der Waals surface area contributed by atoms with Gasteiger partial charge in [-0.15, -0.1) is 12.4 Å². The molecular formula is C22H30ClN3O. The van der Waals surface area contributed by atoms with E-state index in [-0.39, 0.29) is 24.4 Å². The lowest BCUT2D eigenvalue weighted by Crippen LogP contribution is -2.43. The Morgan fingerprint density at radius 2 is 1.85 bits per heavy atom. The first kappa shape index (κ1) is 21.4. The Morgan fingerprint density at radius 3 is 2.52 bits per heavy atom. The quantitative estimate of drug-likeness (QED) is 0.798. The average Bonchev–Trinajstić information content (AvgIpc) is 3.11. The molecule has 3 N–H and O–H groups in total. The first-order valence-corrected chi connectivity index (χ1v) is 9.41. The van der Waals surface area contributed by atoms with E-state index in [2.05, 4.69) is 41.4 Å². The first-order valence-electron chi connectivity index (χ1n) is 9.41. The maximum absolute atomic E-state index is 12.5. The molecule has 0 aliphatic carbocycles. The van der Waals surface area contributed by atoms with E-state index in [1.54, 1.807) is 0 Å². The average molecular weight is 388 g/mol. The molecule has 2 aromatic rings. The van der Waals surface area contributed by atoms with Crippen molar-refractivity contribution in [2.24, 2.45) is 11.7 Å². The van der Waals surface area contributed by atoms with Crippen LogP contribution in [0.3, 0.4) is 0 Å². The van der Waals surface area contributed by atoms with E-state index in [0.717, 1.165) is 31.6 Å². The number of hydrogen-bond donors (Lipinski definition) is 2. The van der Waals surface area contributed by atoms with Crippen LogP contribution in [0.1, 0.15) is 36.1 Å². The number of benzene rings is 2. The lowest BCUT2D eigenvalue weighted by atomic mass is 9.99. The standard InChI is InChI=1S/C22H29N3O.ClH/c1-16-8-10-19(11-9-16)21(23)22(26)24-17(2)20-12-13-25(15-20)14-18-6-4-3-5-7-18;/h3-11,17,20-21H,12-15,23H2,1-2H3,(H,24,26);1H. The molecule has 27 heavy (non-hydrogen) atoms. The molecule has 146 valence electrons. The van der Waals surface area contributed by atoms with Crippen molar-refractivity contribution in [2.45, 2.75) is 38.9 Å². The highest BCUT2D eigenvalue weighted by Crippen LogP contribution is 2.22. The predicted octanol–water partition coefficient (Wildman–Crippen LogP) is 3.44. The van der Waals surface area contributed by atoms with Crippen molar-refractivity contribution in [2.75, 3.05) is 13.1 Å². The molecule has 5 heteroatoms. The molecule has 0 bridgehead atoms. The monoisotopic (exact) mass is 387 g/mol. The van der Waals surface area contributed by atoms with Crippen LogP contribution in [-0.4, -0.2) is 29.9 Å². The van der Waals surface area contributed by atoms with Crippen molar-refractivity contribution in [1.29, 1.82) is 0 Å². The number of rotatable bonds is 6. The zero-order chi connectivity index (χ0) is 18.5. The third-order valence-electron chi connectivity index (χ3n) is 5.35. The van der Waals surface area contributed by atoms with E-state index >= 15 is 0 Å². The molecule has 1 fully saturated rings. The minimum Gasteiger partial charge on any atom is -0.352 e. The number of hydrogen-bond acceptors (Lipinski definition) is 3. The number of nitrogens with two attached hydrogens (primary N) is 1. The summed E-state index contributed by atoms with van der Waals surface area (Å²) in [5, 5.41) is 3.13. The Morgan fingerprint density at radius 1 is 1.19 bits per heavy atom. The molecule has 3 rings (SSSR count). The van der Waals surface area contributed by atoms with Crippen LogP contribution in [0.15, 0.2) is 54.6 Å². The second-order valence-corrected chi connectivity index (χ2v) is 7.46. The lowest BCUT2D eigenvalue weighted by Gasteiger charge is -2.23. The summed E-state index contributed by atoms with van der Waals surface area (Å²) >= 11 is 0. The molecule has 2 aromatic carbocycles. The molecule has 1 heterocycles. The Balaban J connectivity index is 0.00000261. The van der Waals surface area contributed by atoms with Crippen molar-refractivity contribution >= 4 is 18.3 Å². The van der Waals surface area contributed by atoms with Gasteiger partial charge in [-0.25, -0.2) is 0 Å². The van der Waals surface area contributed by atoms with Crippen LogP contribution in [0.4, 0.5) is 0 Å². The van der Waals surface area contributed by atoms with E-state index in [4.69, 9.17) is 5.73 Å². The third-order valence-corrected chi connectivity index (χ3v) is 5.35. The largest absolute Gasteiger partial charge is 0.352 e. The van der Waals surface area contributed by atoms with Gasteiger partial charge in [0.15, 0.2) is 0 Å². The van der Waals surface area contributed by atoms with Gasteiger partial charge >= 0.3 is 0 Å². The number of carbonyl (C=O) groups excluding carboxylic acids is 1. The maximum atomic E-state index is 12.5. The molecule has 3 unspecified atom stereocenters. The Hall–Kier alpha value is -1.88. The minimum absolute atomic E-state index is 0. The fourth-order valence-corrected chi connectivity index (χ4v) is 3.61. The van der Waals surface area contributed by atoms with Crippen molar-refractivity contribution < 1.29 is 4.79 Å². The molecule has 0 radical (unpaired) electrons. The van der Waals surface area contributed by atoms with E-state index in [1.165, 1.54) is 11.1 Å². The first-order chi connectivity index (χ1) is 12.5. The molecule has 1 aliphatic rings. The van der Waals surface area contributed by atoms with Gasteiger partial charge in [-0.2, -0.15) is 0 Å². The summed E-state index contributed by atoms with van der Waals surface area (Å²) in [6.07, 6.45) is 1.11. The Bertz CT molecular complexity index is 720. The normalized spacial score (nSPS) is 19.1. The molecule has 3 atom stereocenters. The fourth-order valence-electron chi connectivity index (χ4n) is 3.61. The fraction of sp³-hybridized carbons (Fsp3) is 0.409.